The van der Waals surface area contributed by atoms with E-state index in [2.05, 4.69) is 10.3 Å². The number of hydrogen-bond donors (Lipinski definition) is 3. The lowest BCUT2D eigenvalue weighted by molar-refractivity contribution is 0.0944. The Hall–Kier alpha value is -2.59. The Bertz CT molecular complexity index is 765. The van der Waals surface area contributed by atoms with Gasteiger partial charge in [-0.3, -0.25) is 4.79 Å². The molecule has 0 aliphatic heterocycles. The summed E-state index contributed by atoms with van der Waals surface area (Å²) in [5.74, 6) is -0.120. The second-order valence-corrected chi connectivity index (χ2v) is 5.22. The fraction of sp³-hybridized carbons (Fsp3) is 0.167. The monoisotopic (exact) mass is 294 g/mol. The smallest absolute Gasteiger partial charge is 0.251 e. The van der Waals surface area contributed by atoms with Crippen molar-refractivity contribution in [2.75, 3.05) is 6.54 Å². The third-order valence-corrected chi connectivity index (χ3v) is 3.73. The molecule has 3 N–H and O–H groups in total. The van der Waals surface area contributed by atoms with Crippen molar-refractivity contribution in [3.8, 4) is 0 Å². The Balaban J connectivity index is 1.60. The third-order valence-electron chi connectivity index (χ3n) is 3.73. The second kappa shape index (κ2) is 6.45. The number of aliphatic hydroxyl groups is 1. The number of amides is 1. The van der Waals surface area contributed by atoms with Crippen LogP contribution in [0, 0.1) is 0 Å². The fourth-order valence-electron chi connectivity index (χ4n) is 2.54. The number of aromatic nitrogens is 1. The van der Waals surface area contributed by atoms with Crippen LogP contribution in [0.5, 0.6) is 0 Å². The van der Waals surface area contributed by atoms with Gasteiger partial charge in [0.1, 0.15) is 0 Å². The molecule has 1 amide bonds. The van der Waals surface area contributed by atoms with Crippen molar-refractivity contribution >= 4 is 16.8 Å². The summed E-state index contributed by atoms with van der Waals surface area (Å²) in [5, 5.41) is 13.9. The summed E-state index contributed by atoms with van der Waals surface area (Å²) in [4.78, 5) is 15.4. The average Bonchev–Trinajstić information content (AvgIpc) is 3.04. The lowest BCUT2D eigenvalue weighted by atomic mass is 10.1. The molecule has 2 aromatic carbocycles. The van der Waals surface area contributed by atoms with E-state index in [9.17, 15) is 9.90 Å². The maximum atomic E-state index is 12.3. The zero-order valence-corrected chi connectivity index (χ0v) is 12.1. The van der Waals surface area contributed by atoms with Crippen LogP contribution in [0.15, 0.2) is 60.8 Å². The summed E-state index contributed by atoms with van der Waals surface area (Å²) in [6.07, 6.45) is 1.74. The first-order chi connectivity index (χ1) is 10.8. The predicted molar refractivity (Wildman–Crippen MR) is 86.7 cm³/mol. The van der Waals surface area contributed by atoms with Crippen LogP contribution < -0.4 is 5.32 Å². The van der Waals surface area contributed by atoms with Crippen LogP contribution in [0.2, 0.25) is 0 Å². The van der Waals surface area contributed by atoms with E-state index < -0.39 is 6.10 Å². The molecule has 0 spiro atoms. The van der Waals surface area contributed by atoms with Crippen LogP contribution in [0.3, 0.4) is 0 Å². The highest BCUT2D eigenvalue weighted by Gasteiger charge is 2.11. The van der Waals surface area contributed by atoms with Crippen LogP contribution in [-0.2, 0) is 0 Å². The minimum atomic E-state index is -0.565. The van der Waals surface area contributed by atoms with Gasteiger partial charge >= 0.3 is 0 Å². The van der Waals surface area contributed by atoms with Crippen LogP contribution in [-0.4, -0.2) is 22.5 Å². The molecule has 112 valence electrons. The molecule has 4 heteroatoms. The van der Waals surface area contributed by atoms with Crippen molar-refractivity contribution in [2.24, 2.45) is 0 Å². The minimum absolute atomic E-state index is 0.120. The van der Waals surface area contributed by atoms with Crippen molar-refractivity contribution < 1.29 is 9.90 Å². The number of carbonyl (C=O) groups excluding carboxylic acids is 1. The highest BCUT2D eigenvalue weighted by Crippen LogP contribution is 2.18. The summed E-state index contributed by atoms with van der Waals surface area (Å²) >= 11 is 0. The maximum absolute atomic E-state index is 12.3. The number of benzene rings is 2. The van der Waals surface area contributed by atoms with Crippen LogP contribution in [0.4, 0.5) is 0 Å². The molecule has 1 atom stereocenters. The van der Waals surface area contributed by atoms with Crippen molar-refractivity contribution in [3.63, 3.8) is 0 Å². The van der Waals surface area contributed by atoms with Crippen LogP contribution >= 0.6 is 0 Å². The molecule has 0 radical (unpaired) electrons. The quantitative estimate of drug-likeness (QED) is 0.677. The van der Waals surface area contributed by atoms with Gasteiger partial charge in [0.05, 0.1) is 6.10 Å². The van der Waals surface area contributed by atoms with E-state index in [1.807, 2.05) is 54.7 Å². The molecule has 0 saturated heterocycles. The van der Waals surface area contributed by atoms with E-state index >= 15 is 0 Å². The number of fused-ring (bicyclic) bond motifs is 1. The van der Waals surface area contributed by atoms with E-state index in [1.165, 1.54) is 0 Å². The van der Waals surface area contributed by atoms with E-state index in [-0.39, 0.29) is 5.91 Å². The van der Waals surface area contributed by atoms with Gasteiger partial charge in [0.25, 0.3) is 5.91 Å². The maximum Gasteiger partial charge on any atom is 0.251 e. The molecule has 0 saturated carbocycles. The highest BCUT2D eigenvalue weighted by molar-refractivity contribution is 6.06. The van der Waals surface area contributed by atoms with Crippen LogP contribution in [0.25, 0.3) is 10.9 Å². The zero-order valence-electron chi connectivity index (χ0n) is 12.1. The Morgan fingerprint density at radius 3 is 2.73 bits per heavy atom. The Morgan fingerprint density at radius 2 is 1.91 bits per heavy atom. The molecule has 0 fully saturated rings. The molecule has 0 aliphatic carbocycles. The molecule has 1 unspecified atom stereocenters. The molecule has 3 rings (SSSR count). The van der Waals surface area contributed by atoms with E-state index in [0.29, 0.717) is 18.5 Å². The standard InChI is InChI=1S/C18H18N2O2/c21-17(13-5-2-1-3-6-13)10-12-20-18(22)15-7-4-8-16-14(15)9-11-19-16/h1-9,11,17,19,21H,10,12H2,(H,20,22). The van der Waals surface area contributed by atoms with E-state index in [1.54, 1.807) is 6.07 Å². The van der Waals surface area contributed by atoms with Gasteiger partial charge in [0.2, 0.25) is 0 Å². The summed E-state index contributed by atoms with van der Waals surface area (Å²) in [5.41, 5.74) is 2.45. The first kappa shape index (κ1) is 14.4. The highest BCUT2D eigenvalue weighted by atomic mass is 16.3. The lowest BCUT2D eigenvalue weighted by Gasteiger charge is -2.12. The number of hydrogen-bond acceptors (Lipinski definition) is 2. The van der Waals surface area contributed by atoms with Crippen molar-refractivity contribution in [2.45, 2.75) is 12.5 Å². The number of rotatable bonds is 5. The van der Waals surface area contributed by atoms with Crippen molar-refractivity contribution in [1.29, 1.82) is 0 Å². The molecular weight excluding hydrogens is 276 g/mol. The number of nitrogens with one attached hydrogen (secondary N) is 2. The molecular formula is C18H18N2O2. The second-order valence-electron chi connectivity index (χ2n) is 5.22. The van der Waals surface area contributed by atoms with E-state index in [4.69, 9.17) is 0 Å². The number of aromatic amines is 1. The predicted octanol–water partition coefficient (Wildman–Crippen LogP) is 3.02. The first-order valence-electron chi connectivity index (χ1n) is 7.33. The Labute approximate surface area is 128 Å². The van der Waals surface area contributed by atoms with Gasteiger partial charge in [-0.15, -0.1) is 0 Å². The number of aliphatic hydroxyl groups excluding tert-OH is 1. The van der Waals surface area contributed by atoms with Gasteiger partial charge in [-0.2, -0.15) is 0 Å². The summed E-state index contributed by atoms with van der Waals surface area (Å²) < 4.78 is 0. The number of H-pyrrole nitrogens is 1. The molecule has 0 bridgehead atoms. The molecule has 1 heterocycles. The van der Waals surface area contributed by atoms with Gasteiger partial charge in [-0.05, 0) is 30.2 Å². The normalized spacial score (nSPS) is 12.2. The lowest BCUT2D eigenvalue weighted by Crippen LogP contribution is -2.25. The topological polar surface area (TPSA) is 65.1 Å². The zero-order chi connectivity index (χ0) is 15.4. The van der Waals surface area contributed by atoms with Crippen molar-refractivity contribution in [3.05, 3.63) is 71.9 Å². The van der Waals surface area contributed by atoms with Gasteiger partial charge < -0.3 is 15.4 Å². The van der Waals surface area contributed by atoms with Gasteiger partial charge in [0, 0.05) is 29.2 Å². The fourth-order valence-corrected chi connectivity index (χ4v) is 2.54. The van der Waals surface area contributed by atoms with Gasteiger partial charge in [-0.25, -0.2) is 0 Å². The Kier molecular flexibility index (Phi) is 4.21. The SMILES string of the molecule is O=C(NCCC(O)c1ccccc1)c1cccc2[nH]ccc12. The van der Waals surface area contributed by atoms with Crippen molar-refractivity contribution in [1.82, 2.24) is 10.3 Å². The third kappa shape index (κ3) is 3.02. The molecule has 3 aromatic rings. The Morgan fingerprint density at radius 1 is 1.09 bits per heavy atom. The minimum Gasteiger partial charge on any atom is -0.388 e. The summed E-state index contributed by atoms with van der Waals surface area (Å²) in [6.45, 7) is 0.426. The van der Waals surface area contributed by atoms with Gasteiger partial charge in [-0.1, -0.05) is 36.4 Å². The van der Waals surface area contributed by atoms with Gasteiger partial charge in [0.15, 0.2) is 0 Å². The molecule has 4 nitrogen and oxygen atoms in total. The molecule has 0 aliphatic rings. The summed E-state index contributed by atoms with van der Waals surface area (Å²) in [7, 11) is 0. The molecule has 1 aromatic heterocycles. The van der Waals surface area contributed by atoms with E-state index in [0.717, 1.165) is 16.5 Å². The average molecular weight is 294 g/mol. The largest absolute Gasteiger partial charge is 0.388 e. The summed E-state index contributed by atoms with van der Waals surface area (Å²) in [6, 6.07) is 16.9. The molecule has 22 heavy (non-hydrogen) atoms. The number of carbonyl (C=O) groups is 1. The van der Waals surface area contributed by atoms with Crippen LogP contribution in [0.1, 0.15) is 28.4 Å². The first-order valence-corrected chi connectivity index (χ1v) is 7.33.